The average Bonchev–Trinajstić information content (AvgIpc) is 3.59. The van der Waals surface area contributed by atoms with E-state index >= 15 is 0 Å². The number of para-hydroxylation sites is 1. The molecule has 2 nitrogen and oxygen atoms in total. The molecule has 0 N–H and O–H groups in total. The van der Waals surface area contributed by atoms with Crippen LogP contribution in [0.15, 0.2) is 218 Å². The van der Waals surface area contributed by atoms with Crippen molar-refractivity contribution in [3.05, 3.63) is 218 Å². The molecule has 10 aromatic carbocycles. The second-order valence-electron chi connectivity index (χ2n) is 14.6. The van der Waals surface area contributed by atoms with Crippen LogP contribution in [0, 0.1) is 0 Å². The van der Waals surface area contributed by atoms with E-state index in [1.54, 1.807) is 0 Å². The largest absolute Gasteiger partial charge is 0.310 e. The van der Waals surface area contributed by atoms with E-state index in [0.29, 0.717) is 0 Å². The zero-order valence-electron chi connectivity index (χ0n) is 30.7. The minimum atomic E-state index is 1.10. The van der Waals surface area contributed by atoms with Gasteiger partial charge in [-0.25, -0.2) is 0 Å². The lowest BCUT2D eigenvalue weighted by atomic mass is 9.97. The number of anilines is 3. The molecule has 11 rings (SSSR count). The van der Waals surface area contributed by atoms with Crippen molar-refractivity contribution in [3.8, 4) is 27.9 Å². The van der Waals surface area contributed by atoms with Crippen molar-refractivity contribution in [1.82, 2.24) is 4.57 Å². The van der Waals surface area contributed by atoms with E-state index in [1.165, 1.54) is 76.4 Å². The third-order valence-corrected chi connectivity index (χ3v) is 11.3. The van der Waals surface area contributed by atoms with E-state index in [4.69, 9.17) is 0 Å². The van der Waals surface area contributed by atoms with E-state index in [0.717, 1.165) is 22.7 Å². The minimum Gasteiger partial charge on any atom is -0.310 e. The van der Waals surface area contributed by atoms with Crippen LogP contribution in [0.1, 0.15) is 0 Å². The highest BCUT2D eigenvalue weighted by atomic mass is 15.1. The normalized spacial score (nSPS) is 11.6. The fourth-order valence-electron chi connectivity index (χ4n) is 8.68. The van der Waals surface area contributed by atoms with Crippen molar-refractivity contribution in [2.45, 2.75) is 0 Å². The third-order valence-electron chi connectivity index (χ3n) is 11.3. The van der Waals surface area contributed by atoms with Crippen LogP contribution in [0.5, 0.6) is 0 Å². The maximum Gasteiger partial charge on any atom is 0.0547 e. The summed E-state index contributed by atoms with van der Waals surface area (Å²) in [5.41, 5.74) is 11.7. The molecule has 262 valence electrons. The highest BCUT2D eigenvalue weighted by molar-refractivity contribution is 6.19. The predicted octanol–water partition coefficient (Wildman–Crippen LogP) is 15.0. The Morgan fingerprint density at radius 3 is 1.73 bits per heavy atom. The second-order valence-corrected chi connectivity index (χ2v) is 14.6. The van der Waals surface area contributed by atoms with Crippen LogP contribution in [0.3, 0.4) is 0 Å². The monoisotopic (exact) mass is 712 g/mol. The summed E-state index contributed by atoms with van der Waals surface area (Å²) in [6.07, 6.45) is 0. The van der Waals surface area contributed by atoms with Gasteiger partial charge in [0.15, 0.2) is 0 Å². The average molecular weight is 713 g/mol. The van der Waals surface area contributed by atoms with Crippen LogP contribution in [0.4, 0.5) is 17.1 Å². The van der Waals surface area contributed by atoms with Gasteiger partial charge in [0.25, 0.3) is 0 Å². The van der Waals surface area contributed by atoms with Gasteiger partial charge in [-0.05, 0) is 121 Å². The predicted molar refractivity (Wildman–Crippen MR) is 239 cm³/mol. The summed E-state index contributed by atoms with van der Waals surface area (Å²) in [6.45, 7) is 0. The molecule has 56 heavy (non-hydrogen) atoms. The molecular formula is C54H36N2. The van der Waals surface area contributed by atoms with Gasteiger partial charge < -0.3 is 9.47 Å². The van der Waals surface area contributed by atoms with Gasteiger partial charge in [0.2, 0.25) is 0 Å². The Balaban J connectivity index is 1.12. The first kappa shape index (κ1) is 32.0. The highest BCUT2D eigenvalue weighted by Gasteiger charge is 2.19. The standard InChI is InChI=1S/C54H36N2/c1-3-13-37(14-4-1)38-27-29-45(30-28-38)55(47-31-32-49-43(34-47)26-25-39-15-9-10-22-48(39)49)46-21-11-18-42(33-46)50-23-12-24-52-54(50)51-35-40-16-7-8-17-41(40)36-53(51)56(52)44-19-5-2-6-20-44/h1-36H. The molecule has 0 amide bonds. The fraction of sp³-hybridized carbons (Fsp3) is 0. The van der Waals surface area contributed by atoms with Gasteiger partial charge >= 0.3 is 0 Å². The smallest absolute Gasteiger partial charge is 0.0547 e. The van der Waals surface area contributed by atoms with E-state index in [2.05, 4.69) is 228 Å². The van der Waals surface area contributed by atoms with Crippen molar-refractivity contribution in [1.29, 1.82) is 0 Å². The molecule has 0 aliphatic heterocycles. The number of rotatable bonds is 6. The molecule has 0 bridgehead atoms. The first-order chi connectivity index (χ1) is 27.8. The Bertz CT molecular complexity index is 3230. The molecule has 0 radical (unpaired) electrons. The van der Waals surface area contributed by atoms with Gasteiger partial charge in [0.05, 0.1) is 11.0 Å². The number of nitrogens with zero attached hydrogens (tertiary/aromatic N) is 2. The van der Waals surface area contributed by atoms with E-state index in [9.17, 15) is 0 Å². The first-order valence-electron chi connectivity index (χ1n) is 19.3. The summed E-state index contributed by atoms with van der Waals surface area (Å²) >= 11 is 0. The molecular weight excluding hydrogens is 677 g/mol. The maximum atomic E-state index is 2.42. The summed E-state index contributed by atoms with van der Waals surface area (Å²) in [4.78, 5) is 2.40. The van der Waals surface area contributed by atoms with Crippen molar-refractivity contribution in [2.75, 3.05) is 4.90 Å². The van der Waals surface area contributed by atoms with Gasteiger partial charge in [-0.15, -0.1) is 0 Å². The Labute approximate surface area is 325 Å². The van der Waals surface area contributed by atoms with Crippen LogP contribution in [0.25, 0.3) is 82.1 Å². The summed E-state index contributed by atoms with van der Waals surface area (Å²) in [6, 6.07) is 79.5. The summed E-state index contributed by atoms with van der Waals surface area (Å²) in [5.74, 6) is 0. The highest BCUT2D eigenvalue weighted by Crippen LogP contribution is 2.43. The summed E-state index contributed by atoms with van der Waals surface area (Å²) in [5, 5.41) is 9.98. The SMILES string of the molecule is c1ccc(-c2ccc(N(c3cccc(-c4cccc5c4c4cc6ccccc6cc4n5-c4ccccc4)c3)c3ccc4c(ccc5ccccc54)c3)cc2)cc1. The lowest BCUT2D eigenvalue weighted by molar-refractivity contribution is 1.18. The van der Waals surface area contributed by atoms with Gasteiger partial charge in [0, 0.05) is 33.5 Å². The summed E-state index contributed by atoms with van der Waals surface area (Å²) in [7, 11) is 0. The number of benzene rings is 10. The van der Waals surface area contributed by atoms with Gasteiger partial charge in [0.1, 0.15) is 0 Å². The molecule has 0 saturated carbocycles. The number of hydrogen-bond donors (Lipinski definition) is 0. The van der Waals surface area contributed by atoms with E-state index < -0.39 is 0 Å². The van der Waals surface area contributed by atoms with Gasteiger partial charge in [-0.3, -0.25) is 0 Å². The van der Waals surface area contributed by atoms with Crippen LogP contribution in [-0.2, 0) is 0 Å². The fourth-order valence-corrected chi connectivity index (χ4v) is 8.68. The van der Waals surface area contributed by atoms with Gasteiger partial charge in [-0.1, -0.05) is 152 Å². The molecule has 0 fully saturated rings. The molecule has 0 aliphatic rings. The number of aromatic nitrogens is 1. The molecule has 0 saturated heterocycles. The van der Waals surface area contributed by atoms with E-state index in [1.807, 2.05) is 0 Å². The molecule has 11 aromatic rings. The Morgan fingerprint density at radius 2 is 0.911 bits per heavy atom. The van der Waals surface area contributed by atoms with Crippen molar-refractivity contribution in [3.63, 3.8) is 0 Å². The van der Waals surface area contributed by atoms with E-state index in [-0.39, 0.29) is 0 Å². The lowest BCUT2D eigenvalue weighted by Gasteiger charge is -2.27. The van der Waals surface area contributed by atoms with Crippen molar-refractivity contribution < 1.29 is 0 Å². The topological polar surface area (TPSA) is 8.17 Å². The Kier molecular flexibility index (Phi) is 7.53. The van der Waals surface area contributed by atoms with Crippen LogP contribution < -0.4 is 4.90 Å². The second kappa shape index (κ2) is 13.2. The molecule has 2 heteroatoms. The molecule has 1 heterocycles. The lowest BCUT2D eigenvalue weighted by Crippen LogP contribution is -2.10. The maximum absolute atomic E-state index is 2.42. The van der Waals surface area contributed by atoms with Crippen LogP contribution in [0.2, 0.25) is 0 Å². The third kappa shape index (κ3) is 5.34. The van der Waals surface area contributed by atoms with Crippen LogP contribution in [-0.4, -0.2) is 4.57 Å². The van der Waals surface area contributed by atoms with Gasteiger partial charge in [-0.2, -0.15) is 0 Å². The molecule has 1 aromatic heterocycles. The van der Waals surface area contributed by atoms with Crippen molar-refractivity contribution in [2.24, 2.45) is 0 Å². The zero-order chi connectivity index (χ0) is 37.0. The first-order valence-corrected chi connectivity index (χ1v) is 19.3. The Morgan fingerprint density at radius 1 is 0.304 bits per heavy atom. The Hall–Kier alpha value is -7.42. The number of hydrogen-bond acceptors (Lipinski definition) is 1. The molecule has 0 unspecified atom stereocenters. The summed E-state index contributed by atoms with van der Waals surface area (Å²) < 4.78 is 2.42. The molecule has 0 atom stereocenters. The minimum absolute atomic E-state index is 1.10. The quantitative estimate of drug-likeness (QED) is 0.156. The molecule has 0 spiro atoms. The zero-order valence-corrected chi connectivity index (χ0v) is 30.7. The van der Waals surface area contributed by atoms with Crippen LogP contribution >= 0.6 is 0 Å². The molecule has 0 aliphatic carbocycles. The van der Waals surface area contributed by atoms with Crippen molar-refractivity contribution >= 4 is 71.2 Å². The number of fused-ring (bicyclic) bond motifs is 7.